The zero-order valence-corrected chi connectivity index (χ0v) is 17.5. The Labute approximate surface area is 181 Å². The highest BCUT2D eigenvalue weighted by atomic mass is 35.5. The second-order valence-electron chi connectivity index (χ2n) is 7.18. The van der Waals surface area contributed by atoms with Gasteiger partial charge in [0.2, 0.25) is 0 Å². The van der Waals surface area contributed by atoms with Crippen molar-refractivity contribution >= 4 is 22.8 Å². The van der Waals surface area contributed by atoms with Crippen LogP contribution >= 0.6 is 11.6 Å². The molecule has 0 saturated carbocycles. The van der Waals surface area contributed by atoms with Crippen molar-refractivity contribution in [1.29, 1.82) is 0 Å². The van der Waals surface area contributed by atoms with E-state index in [4.69, 9.17) is 16.7 Å². The maximum Gasteiger partial charge on any atom is 0.332 e. The van der Waals surface area contributed by atoms with Crippen LogP contribution in [-0.2, 0) is 20.1 Å². The third-order valence-corrected chi connectivity index (χ3v) is 5.47. The van der Waals surface area contributed by atoms with Crippen molar-refractivity contribution in [1.82, 2.24) is 18.7 Å². The fourth-order valence-electron chi connectivity index (χ4n) is 3.57. The molecule has 0 radical (unpaired) electrons. The quantitative estimate of drug-likeness (QED) is 0.498. The Balaban J connectivity index is 2.04. The molecule has 4 rings (SSSR count). The number of hydrogen-bond donors (Lipinski definition) is 1. The molecule has 0 bridgehead atoms. The van der Waals surface area contributed by atoms with E-state index in [0.29, 0.717) is 16.4 Å². The number of hydrogen-bond acceptors (Lipinski definition) is 4. The molecule has 0 unspecified atom stereocenters. The first-order valence-corrected chi connectivity index (χ1v) is 10.1. The van der Waals surface area contributed by atoms with E-state index in [9.17, 15) is 14.0 Å². The summed E-state index contributed by atoms with van der Waals surface area (Å²) >= 11 is 6.41. The van der Waals surface area contributed by atoms with Crippen LogP contribution in [0.25, 0.3) is 22.6 Å². The van der Waals surface area contributed by atoms with Gasteiger partial charge in [-0.3, -0.25) is 13.9 Å². The van der Waals surface area contributed by atoms with Gasteiger partial charge >= 0.3 is 5.69 Å². The van der Waals surface area contributed by atoms with Crippen LogP contribution in [0.4, 0.5) is 4.39 Å². The monoisotopic (exact) mass is 442 g/mol. The summed E-state index contributed by atoms with van der Waals surface area (Å²) in [6.07, 6.45) is 0.268. The molecule has 0 spiro atoms. The number of halogens is 2. The lowest BCUT2D eigenvalue weighted by Gasteiger charge is -2.12. The van der Waals surface area contributed by atoms with Crippen LogP contribution in [0.3, 0.4) is 0 Å². The third-order valence-electron chi connectivity index (χ3n) is 5.14. The van der Waals surface area contributed by atoms with E-state index in [-0.39, 0.29) is 43.1 Å². The first kappa shape index (κ1) is 21.0. The van der Waals surface area contributed by atoms with Gasteiger partial charge in [0.15, 0.2) is 11.2 Å². The van der Waals surface area contributed by atoms with Crippen molar-refractivity contribution in [2.75, 3.05) is 6.61 Å². The van der Waals surface area contributed by atoms with Crippen molar-refractivity contribution in [3.8, 4) is 11.4 Å². The summed E-state index contributed by atoms with van der Waals surface area (Å²) in [5, 5.41) is 9.61. The molecule has 4 aromatic rings. The predicted octanol–water partition coefficient (Wildman–Crippen LogP) is 2.79. The molecule has 31 heavy (non-hydrogen) atoms. The first-order chi connectivity index (χ1) is 14.9. The third kappa shape index (κ3) is 3.80. The smallest absolute Gasteiger partial charge is 0.332 e. The molecule has 9 heteroatoms. The molecule has 2 aromatic carbocycles. The van der Waals surface area contributed by atoms with Crippen molar-refractivity contribution in [3.63, 3.8) is 0 Å². The van der Waals surface area contributed by atoms with Crippen LogP contribution < -0.4 is 11.2 Å². The number of aliphatic hydroxyl groups is 1. The summed E-state index contributed by atoms with van der Waals surface area (Å²) in [6.45, 7) is 0.166. The molecule has 0 saturated heterocycles. The van der Waals surface area contributed by atoms with Gasteiger partial charge in [0, 0.05) is 32.3 Å². The zero-order valence-electron chi connectivity index (χ0n) is 16.8. The molecular formula is C22H20ClFN4O3. The Morgan fingerprint density at radius 1 is 1.06 bits per heavy atom. The van der Waals surface area contributed by atoms with Crippen molar-refractivity contribution in [2.24, 2.45) is 7.05 Å². The molecule has 0 aliphatic heterocycles. The van der Waals surface area contributed by atoms with Crippen LogP contribution in [0.15, 0.2) is 58.1 Å². The molecular weight excluding hydrogens is 423 g/mol. The lowest BCUT2D eigenvalue weighted by atomic mass is 10.2. The molecule has 1 N–H and O–H groups in total. The lowest BCUT2D eigenvalue weighted by molar-refractivity contribution is 0.277. The lowest BCUT2D eigenvalue weighted by Crippen LogP contribution is -2.39. The van der Waals surface area contributed by atoms with E-state index >= 15 is 0 Å². The van der Waals surface area contributed by atoms with Gasteiger partial charge in [-0.05, 0) is 36.2 Å². The molecule has 0 aliphatic carbocycles. The summed E-state index contributed by atoms with van der Waals surface area (Å²) in [5.41, 5.74) is 0.814. The number of aryl methyl sites for hydroxylation is 1. The van der Waals surface area contributed by atoms with Gasteiger partial charge in [0.05, 0.1) is 5.02 Å². The number of nitrogens with zero attached hydrogens (tertiary/aromatic N) is 4. The van der Waals surface area contributed by atoms with E-state index in [2.05, 4.69) is 4.98 Å². The summed E-state index contributed by atoms with van der Waals surface area (Å²) in [4.78, 5) is 30.7. The van der Waals surface area contributed by atoms with Crippen LogP contribution in [0.2, 0.25) is 5.02 Å². The Bertz CT molecular complexity index is 1370. The van der Waals surface area contributed by atoms with E-state index in [1.165, 1.54) is 16.7 Å². The SMILES string of the molecule is Cn1c(=O)n(CCCO)c(=O)c2c1nc(-c1ccccc1Cl)n2Cc1ccc(F)cc1. The van der Waals surface area contributed by atoms with Crippen LogP contribution in [0.1, 0.15) is 12.0 Å². The van der Waals surface area contributed by atoms with Gasteiger partial charge in [0.1, 0.15) is 11.6 Å². The highest BCUT2D eigenvalue weighted by Gasteiger charge is 2.22. The number of aromatic nitrogens is 4. The summed E-state index contributed by atoms with van der Waals surface area (Å²) in [7, 11) is 1.55. The fourth-order valence-corrected chi connectivity index (χ4v) is 3.79. The van der Waals surface area contributed by atoms with Gasteiger partial charge in [-0.1, -0.05) is 35.9 Å². The Kier molecular flexibility index (Phi) is 5.75. The minimum Gasteiger partial charge on any atom is -0.396 e. The van der Waals surface area contributed by atoms with E-state index in [1.807, 2.05) is 0 Å². The summed E-state index contributed by atoms with van der Waals surface area (Å²) in [5.74, 6) is 0.0660. The Hall–Kier alpha value is -3.23. The maximum absolute atomic E-state index is 13.4. The topological polar surface area (TPSA) is 82.0 Å². The zero-order chi connectivity index (χ0) is 22.1. The van der Waals surface area contributed by atoms with Gasteiger partial charge in [0.25, 0.3) is 5.56 Å². The normalized spacial score (nSPS) is 11.4. The highest BCUT2D eigenvalue weighted by Crippen LogP contribution is 2.29. The second-order valence-corrected chi connectivity index (χ2v) is 7.58. The van der Waals surface area contributed by atoms with E-state index < -0.39 is 11.2 Å². The van der Waals surface area contributed by atoms with Crippen LogP contribution in [0.5, 0.6) is 0 Å². The van der Waals surface area contributed by atoms with Gasteiger partial charge in [-0.2, -0.15) is 0 Å². The minimum absolute atomic E-state index is 0.0844. The highest BCUT2D eigenvalue weighted by molar-refractivity contribution is 6.33. The van der Waals surface area contributed by atoms with Crippen molar-refractivity contribution < 1.29 is 9.50 Å². The first-order valence-electron chi connectivity index (χ1n) is 9.72. The molecule has 2 aromatic heterocycles. The predicted molar refractivity (Wildman–Crippen MR) is 117 cm³/mol. The average molecular weight is 443 g/mol. The molecule has 0 atom stereocenters. The van der Waals surface area contributed by atoms with Gasteiger partial charge in [-0.15, -0.1) is 0 Å². The number of aliphatic hydroxyl groups excluding tert-OH is 1. The van der Waals surface area contributed by atoms with Crippen LogP contribution in [0, 0.1) is 5.82 Å². The molecule has 2 heterocycles. The van der Waals surface area contributed by atoms with Crippen LogP contribution in [-0.4, -0.2) is 30.4 Å². The fraction of sp³-hybridized carbons (Fsp3) is 0.227. The summed E-state index contributed by atoms with van der Waals surface area (Å²) < 4.78 is 17.5. The standard InChI is InChI=1S/C22H20ClFN4O3/c1-26-20-18(21(30)27(22(26)31)11-4-12-29)28(13-14-7-9-15(24)10-8-14)19(25-20)16-5-2-3-6-17(16)23/h2-3,5-10,29H,4,11-13H2,1H3. The van der Waals surface area contributed by atoms with E-state index in [0.717, 1.165) is 10.1 Å². The number of rotatable bonds is 6. The molecule has 0 aliphatic rings. The molecule has 160 valence electrons. The van der Waals surface area contributed by atoms with Crippen molar-refractivity contribution in [2.45, 2.75) is 19.5 Å². The second kappa shape index (κ2) is 8.49. The minimum atomic E-state index is -0.511. The maximum atomic E-state index is 13.4. The van der Waals surface area contributed by atoms with Gasteiger partial charge < -0.3 is 9.67 Å². The number of fused-ring (bicyclic) bond motifs is 1. The Morgan fingerprint density at radius 2 is 1.77 bits per heavy atom. The number of benzene rings is 2. The largest absolute Gasteiger partial charge is 0.396 e. The Morgan fingerprint density at radius 3 is 2.45 bits per heavy atom. The van der Waals surface area contributed by atoms with Gasteiger partial charge in [-0.25, -0.2) is 14.2 Å². The molecule has 0 amide bonds. The van der Waals surface area contributed by atoms with E-state index in [1.54, 1.807) is 48.0 Å². The summed E-state index contributed by atoms with van der Waals surface area (Å²) in [6, 6.07) is 13.0. The average Bonchev–Trinajstić information content (AvgIpc) is 3.13. The van der Waals surface area contributed by atoms with Crippen molar-refractivity contribution in [3.05, 3.63) is 85.8 Å². The molecule has 0 fully saturated rings. The number of imidazole rings is 1. The molecule has 7 nitrogen and oxygen atoms in total.